The topological polar surface area (TPSA) is 179 Å². The van der Waals surface area contributed by atoms with Gasteiger partial charge in [-0.15, -0.1) is 11.8 Å². The number of piperazine rings is 1. The van der Waals surface area contributed by atoms with E-state index in [0.29, 0.717) is 59.7 Å². The predicted molar refractivity (Wildman–Crippen MR) is 182 cm³/mol. The number of anilines is 1. The molecule has 1 aromatic heterocycles. The summed E-state index contributed by atoms with van der Waals surface area (Å²) in [6, 6.07) is 10.2. The Morgan fingerprint density at radius 1 is 1.04 bits per heavy atom. The molecule has 14 nitrogen and oxygen atoms in total. The molecule has 2 saturated heterocycles. The average Bonchev–Trinajstić information content (AvgIpc) is 3.88. The van der Waals surface area contributed by atoms with Gasteiger partial charge in [-0.25, -0.2) is 9.18 Å². The molecule has 3 N–H and O–H groups in total. The third kappa shape index (κ3) is 8.83. The van der Waals surface area contributed by atoms with Gasteiger partial charge in [0.1, 0.15) is 28.5 Å². The fourth-order valence-corrected chi connectivity index (χ4v) is 8.24. The fraction of sp³-hybridized carbons (Fsp3) is 0.400. The molecule has 2 amide bonds. The molecule has 1 unspecified atom stereocenters. The van der Waals surface area contributed by atoms with E-state index in [1.807, 2.05) is 4.90 Å². The number of carboxylic acid groups (broad SMARTS) is 1. The van der Waals surface area contributed by atoms with E-state index in [-0.39, 0.29) is 82.7 Å². The molecule has 0 bridgehead atoms. The van der Waals surface area contributed by atoms with Crippen LogP contribution in [0.3, 0.4) is 0 Å². The zero-order valence-electron chi connectivity index (χ0n) is 27.0. The minimum atomic E-state index is -4.84. The molecule has 3 aromatic rings. The van der Waals surface area contributed by atoms with Crippen LogP contribution in [0.2, 0.25) is 0 Å². The minimum Gasteiger partial charge on any atom is -0.484 e. The second kappa shape index (κ2) is 16.4. The van der Waals surface area contributed by atoms with Crippen molar-refractivity contribution in [2.75, 3.05) is 50.0 Å². The van der Waals surface area contributed by atoms with Crippen molar-refractivity contribution in [1.29, 1.82) is 0 Å². The van der Waals surface area contributed by atoms with Crippen LogP contribution < -0.4 is 20.4 Å². The first-order valence-electron chi connectivity index (χ1n) is 14.9. The molecular weight excluding hydrogens is 703 g/mol. The molecule has 252 valence electrons. The molecule has 2 aromatic carbocycles. The minimum absolute atomic E-state index is 0. The number of β-lactam (4-membered cyclic amide) rings is 1. The van der Waals surface area contributed by atoms with E-state index in [2.05, 4.69) is 10.2 Å². The first kappa shape index (κ1) is 39.6. The van der Waals surface area contributed by atoms with Gasteiger partial charge in [0, 0.05) is 115 Å². The summed E-state index contributed by atoms with van der Waals surface area (Å²) in [5, 5.41) is 11.0. The second-order valence-corrected chi connectivity index (χ2v) is 14.0. The van der Waals surface area contributed by atoms with E-state index >= 15 is 4.39 Å². The van der Waals surface area contributed by atoms with Crippen LogP contribution in [-0.2, 0) is 19.9 Å². The maximum atomic E-state index is 15.3. The van der Waals surface area contributed by atoms with Crippen LogP contribution in [-0.4, -0.2) is 165 Å². The number of carboxylic acids is 1. The van der Waals surface area contributed by atoms with Gasteiger partial charge in [-0.2, -0.15) is 12.7 Å². The number of carbonyl (C=O) groups is 3. The normalized spacial score (nSPS) is 19.4. The Balaban J connectivity index is 0.00000270. The number of halogens is 1. The Kier molecular flexibility index (Phi) is 13.3. The summed E-state index contributed by atoms with van der Waals surface area (Å²) in [6.07, 6.45) is 3.02. The summed E-state index contributed by atoms with van der Waals surface area (Å²) in [5.74, 6) is -2.74. The van der Waals surface area contributed by atoms with Crippen LogP contribution in [0.15, 0.2) is 53.5 Å². The number of nitrogens with one attached hydrogen (secondary N) is 1. The number of fused-ring (bicyclic) bond motifs is 1. The quantitative estimate of drug-likeness (QED) is 0.136. The molecule has 3 fully saturated rings. The van der Waals surface area contributed by atoms with E-state index in [1.165, 1.54) is 6.20 Å². The van der Waals surface area contributed by atoms with E-state index in [0.717, 1.165) is 30.7 Å². The number of hydrogen-bond donors (Lipinski definition) is 3. The molecule has 3 heterocycles. The van der Waals surface area contributed by atoms with Gasteiger partial charge in [-0.05, 0) is 37.1 Å². The molecule has 49 heavy (non-hydrogen) atoms. The number of aromatic carboxylic acids is 1. The first-order chi connectivity index (χ1) is 22.4. The Morgan fingerprint density at radius 3 is 2.33 bits per heavy atom. The van der Waals surface area contributed by atoms with Crippen molar-refractivity contribution in [3.05, 3.63) is 70.3 Å². The van der Waals surface area contributed by atoms with Crippen molar-refractivity contribution in [3.63, 3.8) is 0 Å². The van der Waals surface area contributed by atoms with Crippen LogP contribution in [0, 0.1) is 5.82 Å². The number of pyridine rings is 1. The monoisotopic (exact) mass is 735 g/mol. The molecule has 6 rings (SSSR count). The van der Waals surface area contributed by atoms with Gasteiger partial charge in [0.25, 0.3) is 11.8 Å². The van der Waals surface area contributed by atoms with Crippen molar-refractivity contribution in [3.8, 4) is 5.75 Å². The fourth-order valence-electron chi connectivity index (χ4n) is 5.78. The maximum absolute atomic E-state index is 15.3. The van der Waals surface area contributed by atoms with Gasteiger partial charge >= 0.3 is 16.3 Å². The van der Waals surface area contributed by atoms with Crippen molar-refractivity contribution < 1.29 is 41.6 Å². The molecule has 19 heteroatoms. The van der Waals surface area contributed by atoms with E-state index < -0.39 is 50.7 Å². The third-order valence-electron chi connectivity index (χ3n) is 8.36. The van der Waals surface area contributed by atoms with E-state index in [9.17, 15) is 37.3 Å². The van der Waals surface area contributed by atoms with Gasteiger partial charge in [-0.3, -0.25) is 23.8 Å². The predicted octanol–water partition coefficient (Wildman–Crippen LogP) is 0.802. The number of aromatic nitrogens is 1. The van der Waals surface area contributed by atoms with E-state index in [4.69, 9.17) is 4.74 Å². The number of rotatable bonds is 12. The zero-order valence-corrected chi connectivity index (χ0v) is 32.6. The van der Waals surface area contributed by atoms with Crippen LogP contribution in [0.1, 0.15) is 29.2 Å². The van der Waals surface area contributed by atoms with Gasteiger partial charge < -0.3 is 24.6 Å². The molecule has 2 aliphatic heterocycles. The summed E-state index contributed by atoms with van der Waals surface area (Å²) in [5.41, 5.74) is -0.306. The van der Waals surface area contributed by atoms with Crippen LogP contribution in [0.4, 0.5) is 10.1 Å². The number of carbonyl (C=O) groups excluding carboxylic acids is 2. The molecule has 2 atom stereocenters. The smallest absolute Gasteiger partial charge is 0.363 e. The number of amides is 2. The molecule has 3 aliphatic rings. The Labute approximate surface area is 329 Å². The number of nitrogens with zero attached hydrogens (tertiary/aromatic N) is 4. The largest absolute Gasteiger partial charge is 0.484 e. The van der Waals surface area contributed by atoms with Crippen LogP contribution in [0.25, 0.3) is 10.9 Å². The number of benzene rings is 2. The van der Waals surface area contributed by atoms with Crippen LogP contribution in [0.5, 0.6) is 5.75 Å². The maximum Gasteiger partial charge on any atom is 0.363 e. The van der Waals surface area contributed by atoms with Crippen molar-refractivity contribution in [1.82, 2.24) is 19.1 Å². The number of ether oxygens (including phenoxy) is 1. The third-order valence-corrected chi connectivity index (χ3v) is 10.6. The average molecular weight is 736 g/mol. The van der Waals surface area contributed by atoms with Crippen molar-refractivity contribution in [2.24, 2.45) is 0 Å². The Bertz CT molecular complexity index is 1890. The summed E-state index contributed by atoms with van der Waals surface area (Å²) in [4.78, 5) is 53.3. The number of hydrogen-bond acceptors (Lipinski definition) is 10. The number of para-hydroxylation sites is 1. The summed E-state index contributed by atoms with van der Waals surface area (Å²) < 4.78 is 56.2. The van der Waals surface area contributed by atoms with Gasteiger partial charge in [0.15, 0.2) is 6.61 Å². The summed E-state index contributed by atoms with van der Waals surface area (Å²) in [6.45, 7) is 2.07. The SMILES string of the molecule is O=C(COc1ccccc1)N[C@H]1C(=O)N(S(=O)(=O)O)C1SCCN1CCN(c2cc3c(cc2F)c(=O)c(C(=O)O)cn3C2CC2)CC1.[Na].[Na]. The van der Waals surface area contributed by atoms with E-state index in [1.54, 1.807) is 41.0 Å². The summed E-state index contributed by atoms with van der Waals surface area (Å²) >= 11 is 1.10. The standard InChI is InChI=1S/C30H32FN5O9S2.2Na/c31-22-14-20-23(35(18-6-7-18)16-21(27(20)38)30(40)41)15-24(22)34-10-8-33(9-11-34)12-13-46-29-26(28(39)36(29)47(42,43)44)32-25(37)17-45-19-4-2-1-3-5-19;;/h1-5,14-16,18,26,29H,6-13,17H2,(H,32,37)(H,40,41)(H,42,43,44);;/t26-,29?;;/m0../s1. The molecule has 2 radical (unpaired) electrons. The first-order valence-corrected chi connectivity index (χ1v) is 17.4. The summed E-state index contributed by atoms with van der Waals surface area (Å²) in [7, 11) is -4.84. The second-order valence-electron chi connectivity index (χ2n) is 11.5. The van der Waals surface area contributed by atoms with Gasteiger partial charge in [-0.1, -0.05) is 18.2 Å². The Morgan fingerprint density at radius 2 is 1.71 bits per heavy atom. The van der Waals surface area contributed by atoms with Crippen LogP contribution >= 0.6 is 11.8 Å². The van der Waals surface area contributed by atoms with Crippen molar-refractivity contribution >= 4 is 116 Å². The molecule has 1 aliphatic carbocycles. The van der Waals surface area contributed by atoms with Crippen molar-refractivity contribution in [2.45, 2.75) is 30.3 Å². The van der Waals surface area contributed by atoms with Gasteiger partial charge in [0.2, 0.25) is 5.43 Å². The molecule has 1 saturated carbocycles. The molecule has 0 spiro atoms. The van der Waals surface area contributed by atoms with Gasteiger partial charge in [0.05, 0.1) is 11.2 Å². The number of thioether (sulfide) groups is 1. The zero-order chi connectivity index (χ0) is 33.5. The molecular formula is C30H32FN5Na2O9S2. The Hall–Kier alpha value is -2.19.